The number of hydrogen-bond donors (Lipinski definition) is 1. The Morgan fingerprint density at radius 2 is 2.05 bits per heavy atom. The van der Waals surface area contributed by atoms with Crippen molar-refractivity contribution in [3.8, 4) is 5.75 Å². The molecular formula is C16H20N2O3. The SMILES string of the molecule is CCOc1ccccc1N1CCC(=O)NC(C2CC2)C1=O. The second kappa shape index (κ2) is 5.76. The van der Waals surface area contributed by atoms with Gasteiger partial charge in [-0.15, -0.1) is 0 Å². The van der Waals surface area contributed by atoms with Crippen LogP contribution in [-0.2, 0) is 9.59 Å². The Morgan fingerprint density at radius 3 is 2.76 bits per heavy atom. The minimum Gasteiger partial charge on any atom is -0.492 e. The molecule has 0 radical (unpaired) electrons. The summed E-state index contributed by atoms with van der Waals surface area (Å²) in [5.74, 6) is 0.922. The minimum atomic E-state index is -0.380. The Labute approximate surface area is 124 Å². The molecule has 3 rings (SSSR count). The normalized spacial score (nSPS) is 22.7. The molecule has 1 aliphatic heterocycles. The summed E-state index contributed by atoms with van der Waals surface area (Å²) in [4.78, 5) is 26.3. The van der Waals surface area contributed by atoms with Crippen molar-refractivity contribution in [2.24, 2.45) is 5.92 Å². The van der Waals surface area contributed by atoms with E-state index >= 15 is 0 Å². The molecule has 5 nitrogen and oxygen atoms in total. The third-order valence-corrected chi connectivity index (χ3v) is 3.96. The molecule has 2 fully saturated rings. The molecule has 0 aromatic heterocycles. The highest BCUT2D eigenvalue weighted by atomic mass is 16.5. The minimum absolute atomic E-state index is 0.0181. The molecule has 0 spiro atoms. The zero-order chi connectivity index (χ0) is 14.8. The molecule has 0 bridgehead atoms. The van der Waals surface area contributed by atoms with Gasteiger partial charge in [-0.2, -0.15) is 0 Å². The van der Waals surface area contributed by atoms with Crippen molar-refractivity contribution in [2.75, 3.05) is 18.1 Å². The Kier molecular flexibility index (Phi) is 3.82. The highest BCUT2D eigenvalue weighted by Gasteiger charge is 2.41. The molecule has 1 aliphatic carbocycles. The van der Waals surface area contributed by atoms with Gasteiger partial charge >= 0.3 is 0 Å². The molecule has 2 aliphatic rings. The smallest absolute Gasteiger partial charge is 0.249 e. The summed E-state index contributed by atoms with van der Waals surface area (Å²) in [6.45, 7) is 2.86. The van der Waals surface area contributed by atoms with Gasteiger partial charge in [0.05, 0.1) is 12.3 Å². The zero-order valence-electron chi connectivity index (χ0n) is 12.2. The molecule has 1 saturated heterocycles. The zero-order valence-corrected chi connectivity index (χ0v) is 12.2. The van der Waals surface area contributed by atoms with E-state index in [1.807, 2.05) is 31.2 Å². The highest BCUT2D eigenvalue weighted by Crippen LogP contribution is 2.36. The molecule has 5 heteroatoms. The van der Waals surface area contributed by atoms with Gasteiger partial charge in [0.1, 0.15) is 11.8 Å². The number of ether oxygens (including phenoxy) is 1. The predicted octanol–water partition coefficient (Wildman–Crippen LogP) is 1.72. The van der Waals surface area contributed by atoms with Gasteiger partial charge in [0.2, 0.25) is 11.8 Å². The third kappa shape index (κ3) is 2.86. The van der Waals surface area contributed by atoms with E-state index in [4.69, 9.17) is 4.74 Å². The number of hydrogen-bond acceptors (Lipinski definition) is 3. The fourth-order valence-corrected chi connectivity index (χ4v) is 2.74. The second-order valence-corrected chi connectivity index (χ2v) is 5.52. The van der Waals surface area contributed by atoms with E-state index in [-0.39, 0.29) is 17.9 Å². The van der Waals surface area contributed by atoms with Gasteiger partial charge in [0, 0.05) is 13.0 Å². The quantitative estimate of drug-likeness (QED) is 0.917. The molecule has 1 atom stereocenters. The van der Waals surface area contributed by atoms with Crippen LogP contribution in [0, 0.1) is 5.92 Å². The number of rotatable bonds is 4. The summed E-state index contributed by atoms with van der Waals surface area (Å²) in [5.41, 5.74) is 0.756. The van der Waals surface area contributed by atoms with Crippen molar-refractivity contribution < 1.29 is 14.3 Å². The number of carbonyl (C=O) groups is 2. The van der Waals surface area contributed by atoms with Gasteiger partial charge in [-0.25, -0.2) is 0 Å². The lowest BCUT2D eigenvalue weighted by Crippen LogP contribution is -2.46. The summed E-state index contributed by atoms with van der Waals surface area (Å²) in [7, 11) is 0. The Bertz CT molecular complexity index is 554. The van der Waals surface area contributed by atoms with Gasteiger partial charge in [0.25, 0.3) is 0 Å². The number of para-hydroxylation sites is 2. The highest BCUT2D eigenvalue weighted by molar-refractivity contribution is 6.02. The van der Waals surface area contributed by atoms with Crippen molar-refractivity contribution in [1.82, 2.24) is 5.32 Å². The van der Waals surface area contributed by atoms with E-state index < -0.39 is 0 Å². The first-order chi connectivity index (χ1) is 10.2. The van der Waals surface area contributed by atoms with E-state index in [2.05, 4.69) is 5.32 Å². The first-order valence-electron chi connectivity index (χ1n) is 7.53. The molecule has 1 aromatic rings. The summed E-state index contributed by atoms with van der Waals surface area (Å²) in [6, 6.07) is 7.13. The summed E-state index contributed by atoms with van der Waals surface area (Å²) in [5, 5.41) is 2.87. The summed E-state index contributed by atoms with van der Waals surface area (Å²) in [6.07, 6.45) is 2.35. The van der Waals surface area contributed by atoms with Crippen LogP contribution in [0.25, 0.3) is 0 Å². The standard InChI is InChI=1S/C16H20N2O3/c1-2-21-13-6-4-3-5-12(13)18-10-9-14(19)17-15(16(18)20)11-7-8-11/h3-6,11,15H,2,7-10H2,1H3,(H,17,19). The largest absolute Gasteiger partial charge is 0.492 e. The molecule has 1 N–H and O–H groups in total. The van der Waals surface area contributed by atoms with Gasteiger partial charge < -0.3 is 15.0 Å². The Morgan fingerprint density at radius 1 is 1.29 bits per heavy atom. The number of anilines is 1. The topological polar surface area (TPSA) is 58.6 Å². The first kappa shape index (κ1) is 13.9. The van der Waals surface area contributed by atoms with Crippen molar-refractivity contribution in [1.29, 1.82) is 0 Å². The van der Waals surface area contributed by atoms with E-state index in [1.165, 1.54) is 0 Å². The number of carbonyl (C=O) groups excluding carboxylic acids is 2. The van der Waals surface area contributed by atoms with E-state index in [1.54, 1.807) is 4.90 Å². The molecule has 1 aromatic carbocycles. The van der Waals surface area contributed by atoms with Gasteiger partial charge in [-0.3, -0.25) is 9.59 Å². The monoisotopic (exact) mass is 288 g/mol. The molecule has 112 valence electrons. The molecule has 1 saturated carbocycles. The van der Waals surface area contributed by atoms with Crippen molar-refractivity contribution in [3.05, 3.63) is 24.3 Å². The number of benzene rings is 1. The lowest BCUT2D eigenvalue weighted by molar-refractivity contribution is -0.126. The Balaban J connectivity index is 1.92. The summed E-state index contributed by atoms with van der Waals surface area (Å²) < 4.78 is 5.62. The van der Waals surface area contributed by atoms with Crippen LogP contribution in [0.5, 0.6) is 5.75 Å². The molecule has 1 unspecified atom stereocenters. The van der Waals surface area contributed by atoms with E-state index in [9.17, 15) is 9.59 Å². The van der Waals surface area contributed by atoms with E-state index in [0.29, 0.717) is 31.2 Å². The predicted molar refractivity (Wildman–Crippen MR) is 79.2 cm³/mol. The van der Waals surface area contributed by atoms with Gasteiger partial charge in [-0.1, -0.05) is 12.1 Å². The number of nitrogens with one attached hydrogen (secondary N) is 1. The molecular weight excluding hydrogens is 268 g/mol. The van der Waals surface area contributed by atoms with Crippen LogP contribution in [0.1, 0.15) is 26.2 Å². The average molecular weight is 288 g/mol. The van der Waals surface area contributed by atoms with Crippen molar-refractivity contribution >= 4 is 17.5 Å². The van der Waals surface area contributed by atoms with Crippen LogP contribution >= 0.6 is 0 Å². The van der Waals surface area contributed by atoms with Crippen LogP contribution in [-0.4, -0.2) is 31.0 Å². The fraction of sp³-hybridized carbons (Fsp3) is 0.500. The third-order valence-electron chi connectivity index (χ3n) is 3.96. The van der Waals surface area contributed by atoms with E-state index in [0.717, 1.165) is 18.5 Å². The molecule has 21 heavy (non-hydrogen) atoms. The number of amides is 2. The number of nitrogens with zero attached hydrogens (tertiary/aromatic N) is 1. The van der Waals surface area contributed by atoms with Crippen LogP contribution < -0.4 is 15.0 Å². The summed E-state index contributed by atoms with van der Waals surface area (Å²) >= 11 is 0. The maximum atomic E-state index is 12.8. The maximum absolute atomic E-state index is 12.8. The van der Waals surface area contributed by atoms with Gasteiger partial charge in [0.15, 0.2) is 0 Å². The fourth-order valence-electron chi connectivity index (χ4n) is 2.74. The van der Waals surface area contributed by atoms with Gasteiger partial charge in [-0.05, 0) is 37.8 Å². The Hall–Kier alpha value is -2.04. The molecule has 2 amide bonds. The lowest BCUT2D eigenvalue weighted by Gasteiger charge is -2.25. The molecule has 1 heterocycles. The average Bonchev–Trinajstić information content (AvgIpc) is 3.31. The maximum Gasteiger partial charge on any atom is 0.249 e. The van der Waals surface area contributed by atoms with Crippen molar-refractivity contribution in [3.63, 3.8) is 0 Å². The second-order valence-electron chi connectivity index (χ2n) is 5.52. The van der Waals surface area contributed by atoms with Crippen LogP contribution in [0.3, 0.4) is 0 Å². The first-order valence-corrected chi connectivity index (χ1v) is 7.53. The van der Waals surface area contributed by atoms with Crippen LogP contribution in [0.15, 0.2) is 24.3 Å². The van der Waals surface area contributed by atoms with Crippen molar-refractivity contribution in [2.45, 2.75) is 32.2 Å². The van der Waals surface area contributed by atoms with Crippen LogP contribution in [0.4, 0.5) is 5.69 Å². The van der Waals surface area contributed by atoms with Crippen LogP contribution in [0.2, 0.25) is 0 Å². The lowest BCUT2D eigenvalue weighted by atomic mass is 10.1.